The molecule has 138 valence electrons. The highest BCUT2D eigenvalue weighted by Crippen LogP contribution is 2.34. The molecule has 0 aliphatic heterocycles. The molecule has 7 heteroatoms. The molecule has 1 aromatic heterocycles. The summed E-state index contributed by atoms with van der Waals surface area (Å²) in [7, 11) is 0. The number of nitrogens with zero attached hydrogens (tertiary/aromatic N) is 3. The van der Waals surface area contributed by atoms with E-state index < -0.39 is 4.92 Å². The van der Waals surface area contributed by atoms with Crippen LogP contribution in [0.2, 0.25) is 0 Å². The van der Waals surface area contributed by atoms with Crippen LogP contribution < -0.4 is 10.6 Å². The van der Waals surface area contributed by atoms with Gasteiger partial charge in [-0.2, -0.15) is 0 Å². The summed E-state index contributed by atoms with van der Waals surface area (Å²) >= 11 is 0. The van der Waals surface area contributed by atoms with Gasteiger partial charge in [0.2, 0.25) is 11.6 Å². The van der Waals surface area contributed by atoms with Crippen LogP contribution in [0.25, 0.3) is 0 Å². The molecule has 0 atom stereocenters. The number of para-hydroxylation sites is 1. The monoisotopic (exact) mass is 363 g/mol. The summed E-state index contributed by atoms with van der Waals surface area (Å²) in [5, 5.41) is 17.9. The summed E-state index contributed by atoms with van der Waals surface area (Å²) in [6.45, 7) is 6.03. The van der Waals surface area contributed by atoms with E-state index in [9.17, 15) is 10.1 Å². The maximum atomic E-state index is 11.7. The lowest BCUT2D eigenvalue weighted by atomic mass is 10.1. The molecule has 0 bridgehead atoms. The molecule has 0 saturated heterocycles. The zero-order valence-electron chi connectivity index (χ0n) is 15.5. The Labute approximate surface area is 157 Å². The van der Waals surface area contributed by atoms with Crippen LogP contribution in [0, 0.1) is 24.0 Å². The summed E-state index contributed by atoms with van der Waals surface area (Å²) in [6.07, 6.45) is 2.11. The predicted octanol–water partition coefficient (Wildman–Crippen LogP) is 5.05. The minimum absolute atomic E-state index is 0.148. The number of rotatable bonds is 6. The first-order valence-electron chi connectivity index (χ1n) is 8.68. The van der Waals surface area contributed by atoms with Crippen LogP contribution in [0.3, 0.4) is 0 Å². The van der Waals surface area contributed by atoms with Gasteiger partial charge in [0.05, 0.1) is 4.92 Å². The van der Waals surface area contributed by atoms with E-state index in [-0.39, 0.29) is 17.3 Å². The Balaban J connectivity index is 1.99. The molecule has 0 unspecified atom stereocenters. The predicted molar refractivity (Wildman–Crippen MR) is 107 cm³/mol. The van der Waals surface area contributed by atoms with Gasteiger partial charge in [0.1, 0.15) is 6.33 Å². The third-order valence-electron chi connectivity index (χ3n) is 4.43. The molecule has 0 aliphatic rings. The largest absolute Gasteiger partial charge is 0.353 e. The summed E-state index contributed by atoms with van der Waals surface area (Å²) < 4.78 is 0. The van der Waals surface area contributed by atoms with Crippen LogP contribution in [-0.4, -0.2) is 14.9 Å². The molecule has 0 spiro atoms. The Hall–Kier alpha value is -3.48. The molecule has 0 fully saturated rings. The molecular weight excluding hydrogens is 342 g/mol. The summed E-state index contributed by atoms with van der Waals surface area (Å²) in [6, 6.07) is 13.4. The van der Waals surface area contributed by atoms with Crippen LogP contribution in [0.1, 0.15) is 23.6 Å². The molecule has 27 heavy (non-hydrogen) atoms. The summed E-state index contributed by atoms with van der Waals surface area (Å²) in [5.74, 6) is 0.303. The van der Waals surface area contributed by atoms with Gasteiger partial charge in [0.15, 0.2) is 0 Å². The van der Waals surface area contributed by atoms with Crippen molar-refractivity contribution in [3.63, 3.8) is 0 Å². The number of aromatic nitrogens is 2. The van der Waals surface area contributed by atoms with Crippen molar-refractivity contribution in [1.82, 2.24) is 9.97 Å². The number of nitro groups is 1. The molecule has 3 aromatic rings. The van der Waals surface area contributed by atoms with Crippen LogP contribution in [0.5, 0.6) is 0 Å². The number of nitrogens with one attached hydrogen (secondary N) is 2. The van der Waals surface area contributed by atoms with Crippen LogP contribution in [0.15, 0.2) is 48.8 Å². The zero-order valence-corrected chi connectivity index (χ0v) is 15.5. The lowest BCUT2D eigenvalue weighted by Crippen LogP contribution is -2.06. The van der Waals surface area contributed by atoms with Gasteiger partial charge in [-0.25, -0.2) is 9.97 Å². The van der Waals surface area contributed by atoms with Gasteiger partial charge in [0, 0.05) is 11.4 Å². The molecule has 0 radical (unpaired) electrons. The van der Waals surface area contributed by atoms with Crippen molar-refractivity contribution < 1.29 is 4.92 Å². The maximum absolute atomic E-state index is 11.7. The van der Waals surface area contributed by atoms with E-state index >= 15 is 0 Å². The molecule has 7 nitrogen and oxygen atoms in total. The molecule has 0 aliphatic carbocycles. The van der Waals surface area contributed by atoms with Gasteiger partial charge in [0.25, 0.3) is 0 Å². The Bertz CT molecular complexity index is 988. The quantitative estimate of drug-likeness (QED) is 0.470. The van der Waals surface area contributed by atoms with Gasteiger partial charge in [-0.3, -0.25) is 10.1 Å². The molecule has 0 amide bonds. The molecule has 3 rings (SSSR count). The van der Waals surface area contributed by atoms with E-state index in [2.05, 4.69) is 20.6 Å². The normalized spacial score (nSPS) is 10.5. The molecule has 2 N–H and O–H groups in total. The van der Waals surface area contributed by atoms with Gasteiger partial charge in [-0.05, 0) is 55.2 Å². The Morgan fingerprint density at radius 3 is 2.37 bits per heavy atom. The number of anilines is 4. The minimum Gasteiger partial charge on any atom is -0.334 e. The van der Waals surface area contributed by atoms with Crippen molar-refractivity contribution >= 4 is 28.7 Å². The van der Waals surface area contributed by atoms with Crippen molar-refractivity contribution in [2.24, 2.45) is 0 Å². The standard InChI is InChI=1S/C20H21N5O2/c1-4-15-7-5-6-8-17(15)24-20-18(25(26)27)19(21-12-22-20)23-16-10-9-13(2)14(3)11-16/h5-12H,4H2,1-3H3,(H2,21,22,23,24). The summed E-state index contributed by atoms with van der Waals surface area (Å²) in [4.78, 5) is 19.5. The fourth-order valence-corrected chi connectivity index (χ4v) is 2.77. The van der Waals surface area contributed by atoms with E-state index in [1.54, 1.807) is 0 Å². The van der Waals surface area contributed by atoms with Crippen molar-refractivity contribution in [1.29, 1.82) is 0 Å². The van der Waals surface area contributed by atoms with Gasteiger partial charge < -0.3 is 10.6 Å². The number of benzene rings is 2. The maximum Gasteiger partial charge on any atom is 0.353 e. The first-order chi connectivity index (χ1) is 13.0. The fourth-order valence-electron chi connectivity index (χ4n) is 2.77. The molecule has 2 aromatic carbocycles. The van der Waals surface area contributed by atoms with Gasteiger partial charge >= 0.3 is 5.69 Å². The van der Waals surface area contributed by atoms with E-state index in [1.807, 2.05) is 63.2 Å². The number of hydrogen-bond acceptors (Lipinski definition) is 6. The average molecular weight is 363 g/mol. The molecule has 0 saturated carbocycles. The highest BCUT2D eigenvalue weighted by atomic mass is 16.6. The van der Waals surface area contributed by atoms with Crippen LogP contribution in [-0.2, 0) is 6.42 Å². The lowest BCUT2D eigenvalue weighted by Gasteiger charge is -2.13. The van der Waals surface area contributed by atoms with E-state index in [4.69, 9.17) is 0 Å². The Kier molecular flexibility index (Phi) is 5.30. The highest BCUT2D eigenvalue weighted by Gasteiger charge is 2.23. The number of hydrogen-bond donors (Lipinski definition) is 2. The number of aryl methyl sites for hydroxylation is 3. The SMILES string of the molecule is CCc1ccccc1Nc1ncnc(Nc2ccc(C)c(C)c2)c1[N+](=O)[O-]. The lowest BCUT2D eigenvalue weighted by molar-refractivity contribution is -0.383. The second-order valence-corrected chi connectivity index (χ2v) is 6.24. The molecular formula is C20H21N5O2. The van der Waals surface area contributed by atoms with Gasteiger partial charge in [-0.15, -0.1) is 0 Å². The van der Waals surface area contributed by atoms with E-state index in [1.165, 1.54) is 6.33 Å². The van der Waals surface area contributed by atoms with E-state index in [0.29, 0.717) is 0 Å². The zero-order chi connectivity index (χ0) is 19.4. The average Bonchev–Trinajstić information content (AvgIpc) is 2.65. The topological polar surface area (TPSA) is 93.0 Å². The second-order valence-electron chi connectivity index (χ2n) is 6.24. The molecule has 1 heterocycles. The van der Waals surface area contributed by atoms with Crippen molar-refractivity contribution in [3.05, 3.63) is 75.6 Å². The van der Waals surface area contributed by atoms with Crippen LogP contribution >= 0.6 is 0 Å². The third kappa shape index (κ3) is 4.03. The van der Waals surface area contributed by atoms with Crippen LogP contribution in [0.4, 0.5) is 28.7 Å². The van der Waals surface area contributed by atoms with Crippen molar-refractivity contribution in [2.75, 3.05) is 10.6 Å². The first kappa shape index (κ1) is 18.3. The van der Waals surface area contributed by atoms with E-state index in [0.717, 1.165) is 34.5 Å². The Morgan fingerprint density at radius 2 is 1.70 bits per heavy atom. The Morgan fingerprint density at radius 1 is 1.00 bits per heavy atom. The first-order valence-corrected chi connectivity index (χ1v) is 8.68. The second kappa shape index (κ2) is 7.82. The van der Waals surface area contributed by atoms with Crippen molar-refractivity contribution in [3.8, 4) is 0 Å². The third-order valence-corrected chi connectivity index (χ3v) is 4.43. The summed E-state index contributed by atoms with van der Waals surface area (Å²) in [5.41, 5.74) is 4.62. The fraction of sp³-hybridized carbons (Fsp3) is 0.200. The van der Waals surface area contributed by atoms with Crippen molar-refractivity contribution in [2.45, 2.75) is 27.2 Å². The minimum atomic E-state index is -0.472. The highest BCUT2D eigenvalue weighted by molar-refractivity contribution is 5.77. The smallest absolute Gasteiger partial charge is 0.334 e. The van der Waals surface area contributed by atoms with Gasteiger partial charge in [-0.1, -0.05) is 31.2 Å².